The zero-order valence-corrected chi connectivity index (χ0v) is 10.9. The largest absolute Gasteiger partial charge is 0.355 e. The highest BCUT2D eigenvalue weighted by Crippen LogP contribution is 2.28. The van der Waals surface area contributed by atoms with Crippen molar-refractivity contribution in [2.24, 2.45) is 0 Å². The molecule has 0 radical (unpaired) electrons. The summed E-state index contributed by atoms with van der Waals surface area (Å²) < 4.78 is 1.23. The van der Waals surface area contributed by atoms with Crippen LogP contribution in [0, 0.1) is 6.92 Å². The van der Waals surface area contributed by atoms with Gasteiger partial charge < -0.3 is 5.32 Å². The molecule has 0 spiro atoms. The first-order valence-electron chi connectivity index (χ1n) is 5.31. The molecule has 0 amide bonds. The quantitative estimate of drug-likeness (QED) is 0.781. The number of hydrogen-bond acceptors (Lipinski definition) is 5. The van der Waals surface area contributed by atoms with Gasteiger partial charge in [-0.3, -0.25) is 0 Å². The number of para-hydroxylation sites is 1. The SMILES string of the molecule is Cc1cccc2sc(NCc3nccs3)nc12. The summed E-state index contributed by atoms with van der Waals surface area (Å²) in [5.74, 6) is 0. The first-order chi connectivity index (χ1) is 8.33. The van der Waals surface area contributed by atoms with Gasteiger partial charge in [-0.1, -0.05) is 23.5 Å². The van der Waals surface area contributed by atoms with Crippen LogP contribution in [-0.2, 0) is 6.54 Å². The monoisotopic (exact) mass is 261 g/mol. The van der Waals surface area contributed by atoms with Gasteiger partial charge in [0.2, 0.25) is 0 Å². The zero-order chi connectivity index (χ0) is 11.7. The fraction of sp³-hybridized carbons (Fsp3) is 0.167. The highest BCUT2D eigenvalue weighted by atomic mass is 32.1. The van der Waals surface area contributed by atoms with Crippen molar-refractivity contribution in [2.75, 3.05) is 5.32 Å². The number of aryl methyl sites for hydroxylation is 1. The lowest BCUT2D eigenvalue weighted by Gasteiger charge is -1.97. The number of nitrogens with one attached hydrogen (secondary N) is 1. The van der Waals surface area contributed by atoms with E-state index in [1.165, 1.54) is 10.3 Å². The first-order valence-corrected chi connectivity index (χ1v) is 7.01. The molecule has 0 atom stereocenters. The lowest BCUT2D eigenvalue weighted by molar-refractivity contribution is 1.10. The number of anilines is 1. The molecule has 86 valence electrons. The van der Waals surface area contributed by atoms with Crippen LogP contribution in [0.25, 0.3) is 10.2 Å². The third-order valence-electron chi connectivity index (χ3n) is 2.50. The highest BCUT2D eigenvalue weighted by molar-refractivity contribution is 7.22. The van der Waals surface area contributed by atoms with Gasteiger partial charge in [0.1, 0.15) is 5.01 Å². The van der Waals surface area contributed by atoms with Crippen LogP contribution in [0.3, 0.4) is 0 Å². The van der Waals surface area contributed by atoms with E-state index in [4.69, 9.17) is 0 Å². The molecule has 0 saturated heterocycles. The Morgan fingerprint density at radius 2 is 2.29 bits per heavy atom. The average molecular weight is 261 g/mol. The Morgan fingerprint density at radius 3 is 3.06 bits per heavy atom. The predicted molar refractivity (Wildman–Crippen MR) is 73.8 cm³/mol. The molecule has 3 aromatic rings. The van der Waals surface area contributed by atoms with Gasteiger partial charge in [-0.15, -0.1) is 11.3 Å². The molecule has 0 fully saturated rings. The lowest BCUT2D eigenvalue weighted by atomic mass is 10.2. The molecular weight excluding hydrogens is 250 g/mol. The molecule has 17 heavy (non-hydrogen) atoms. The zero-order valence-electron chi connectivity index (χ0n) is 9.30. The van der Waals surface area contributed by atoms with Crippen LogP contribution in [0.5, 0.6) is 0 Å². The Bertz CT molecular complexity index is 628. The van der Waals surface area contributed by atoms with Gasteiger partial charge in [0.15, 0.2) is 5.13 Å². The highest BCUT2D eigenvalue weighted by Gasteiger charge is 2.05. The number of aromatic nitrogens is 2. The summed E-state index contributed by atoms with van der Waals surface area (Å²) >= 11 is 3.34. The molecule has 1 aromatic carbocycles. The van der Waals surface area contributed by atoms with Crippen LogP contribution in [0.2, 0.25) is 0 Å². The molecule has 0 aliphatic carbocycles. The number of fused-ring (bicyclic) bond motifs is 1. The molecule has 0 unspecified atom stereocenters. The van der Waals surface area contributed by atoms with Crippen LogP contribution in [0.4, 0.5) is 5.13 Å². The lowest BCUT2D eigenvalue weighted by Crippen LogP contribution is -1.97. The molecule has 0 saturated carbocycles. The number of rotatable bonds is 3. The predicted octanol–water partition coefficient (Wildman–Crippen LogP) is 3.67. The number of hydrogen-bond donors (Lipinski definition) is 1. The smallest absolute Gasteiger partial charge is 0.184 e. The summed E-state index contributed by atoms with van der Waals surface area (Å²) in [4.78, 5) is 8.83. The van der Waals surface area contributed by atoms with Crippen molar-refractivity contribution < 1.29 is 0 Å². The summed E-state index contributed by atoms with van der Waals surface area (Å²) in [5.41, 5.74) is 2.32. The van der Waals surface area contributed by atoms with E-state index in [0.717, 1.165) is 22.2 Å². The molecule has 3 nitrogen and oxygen atoms in total. The van der Waals surface area contributed by atoms with Gasteiger partial charge in [-0.05, 0) is 18.6 Å². The molecule has 3 rings (SSSR count). The first kappa shape index (κ1) is 10.7. The van der Waals surface area contributed by atoms with E-state index in [-0.39, 0.29) is 0 Å². The maximum atomic E-state index is 4.60. The minimum absolute atomic E-state index is 0.747. The van der Waals surface area contributed by atoms with E-state index >= 15 is 0 Å². The van der Waals surface area contributed by atoms with E-state index in [2.05, 4.69) is 40.4 Å². The van der Waals surface area contributed by atoms with Crippen molar-refractivity contribution in [3.05, 3.63) is 40.3 Å². The summed E-state index contributed by atoms with van der Waals surface area (Å²) in [6, 6.07) is 6.27. The summed E-state index contributed by atoms with van der Waals surface area (Å²) in [6.07, 6.45) is 1.82. The van der Waals surface area contributed by atoms with Crippen molar-refractivity contribution in [3.63, 3.8) is 0 Å². The molecule has 2 heterocycles. The van der Waals surface area contributed by atoms with Crippen molar-refractivity contribution in [1.29, 1.82) is 0 Å². The van der Waals surface area contributed by atoms with Crippen molar-refractivity contribution in [2.45, 2.75) is 13.5 Å². The van der Waals surface area contributed by atoms with E-state index in [1.54, 1.807) is 22.7 Å². The summed E-state index contributed by atoms with van der Waals surface area (Å²) in [6.45, 7) is 2.84. The minimum Gasteiger partial charge on any atom is -0.355 e. The van der Waals surface area contributed by atoms with Gasteiger partial charge in [-0.2, -0.15) is 0 Å². The summed E-state index contributed by atoms with van der Waals surface area (Å²) in [5, 5.41) is 7.35. The van der Waals surface area contributed by atoms with E-state index in [9.17, 15) is 0 Å². The standard InChI is InChI=1S/C12H11N3S2/c1-8-3-2-4-9-11(8)15-12(17-9)14-7-10-13-5-6-16-10/h2-6H,7H2,1H3,(H,14,15). The molecule has 2 aromatic heterocycles. The van der Waals surface area contributed by atoms with Gasteiger partial charge >= 0.3 is 0 Å². The van der Waals surface area contributed by atoms with Crippen LogP contribution in [0.15, 0.2) is 29.8 Å². The van der Waals surface area contributed by atoms with Crippen LogP contribution in [0.1, 0.15) is 10.6 Å². The second-order valence-corrected chi connectivity index (χ2v) is 5.73. The molecule has 0 bridgehead atoms. The second-order valence-electron chi connectivity index (χ2n) is 3.72. The molecule has 5 heteroatoms. The maximum Gasteiger partial charge on any atom is 0.184 e. The van der Waals surface area contributed by atoms with E-state index in [0.29, 0.717) is 0 Å². The van der Waals surface area contributed by atoms with E-state index in [1.807, 2.05) is 11.6 Å². The Hall–Kier alpha value is -1.46. The molecule has 0 aliphatic rings. The topological polar surface area (TPSA) is 37.8 Å². The van der Waals surface area contributed by atoms with Crippen molar-refractivity contribution in [1.82, 2.24) is 9.97 Å². The Kier molecular flexibility index (Phi) is 2.78. The Labute approximate surface area is 107 Å². The third kappa shape index (κ3) is 2.16. The minimum atomic E-state index is 0.747. The van der Waals surface area contributed by atoms with Gasteiger partial charge in [-0.25, -0.2) is 9.97 Å². The van der Waals surface area contributed by atoms with Crippen LogP contribution >= 0.6 is 22.7 Å². The van der Waals surface area contributed by atoms with E-state index < -0.39 is 0 Å². The number of nitrogens with zero attached hydrogens (tertiary/aromatic N) is 2. The maximum absolute atomic E-state index is 4.60. The molecule has 0 aliphatic heterocycles. The number of benzene rings is 1. The van der Waals surface area contributed by atoms with Crippen LogP contribution in [-0.4, -0.2) is 9.97 Å². The summed E-state index contributed by atoms with van der Waals surface area (Å²) in [7, 11) is 0. The molecule has 1 N–H and O–H groups in total. The second kappa shape index (κ2) is 4.43. The normalized spacial score (nSPS) is 10.9. The van der Waals surface area contributed by atoms with Crippen molar-refractivity contribution >= 4 is 38.0 Å². The Morgan fingerprint density at radius 1 is 1.35 bits per heavy atom. The van der Waals surface area contributed by atoms with Crippen molar-refractivity contribution in [3.8, 4) is 0 Å². The fourth-order valence-corrected chi connectivity index (χ4v) is 3.15. The average Bonchev–Trinajstić information content (AvgIpc) is 2.95. The fourth-order valence-electron chi connectivity index (χ4n) is 1.65. The van der Waals surface area contributed by atoms with Gasteiger partial charge in [0, 0.05) is 11.6 Å². The number of thiazole rings is 2. The molecular formula is C12H11N3S2. The Balaban J connectivity index is 1.84. The van der Waals surface area contributed by atoms with Gasteiger partial charge in [0.05, 0.1) is 16.8 Å². The van der Waals surface area contributed by atoms with Crippen LogP contribution < -0.4 is 5.32 Å². The third-order valence-corrected chi connectivity index (χ3v) is 4.25. The van der Waals surface area contributed by atoms with Gasteiger partial charge in [0.25, 0.3) is 0 Å².